The van der Waals surface area contributed by atoms with Crippen LogP contribution in [0.1, 0.15) is 45.1 Å². The Hall–Kier alpha value is -3.21. The van der Waals surface area contributed by atoms with E-state index >= 15 is 0 Å². The van der Waals surface area contributed by atoms with Gasteiger partial charge in [0.05, 0.1) is 11.8 Å². The van der Waals surface area contributed by atoms with Crippen molar-refractivity contribution < 1.29 is 27.0 Å². The molecule has 1 saturated carbocycles. The van der Waals surface area contributed by atoms with Crippen LogP contribution >= 0.6 is 7.52 Å². The molecule has 1 fully saturated rings. The molecule has 13 heteroatoms. The average molecular weight is 595 g/mol. The predicted octanol–water partition coefficient (Wildman–Crippen LogP) is 5.76. The second-order valence-electron chi connectivity index (χ2n) is 9.79. The molecule has 1 aliphatic rings. The minimum Gasteiger partial charge on any atom is -0.506 e. The highest BCUT2D eigenvalue weighted by atomic mass is 32.2. The summed E-state index contributed by atoms with van der Waals surface area (Å²) in [4.78, 5) is 13.7. The van der Waals surface area contributed by atoms with Crippen molar-refractivity contribution in [2.45, 2.75) is 46.1 Å². The number of benzene rings is 2. The molecular weight excluding hydrogens is 558 g/mol. The quantitative estimate of drug-likeness (QED) is 0.163. The van der Waals surface area contributed by atoms with Crippen LogP contribution in [0.25, 0.3) is 10.9 Å². The van der Waals surface area contributed by atoms with Gasteiger partial charge in [-0.2, -0.15) is 4.76 Å². The van der Waals surface area contributed by atoms with Gasteiger partial charge in [-0.15, -0.1) is 0 Å². The third kappa shape index (κ3) is 8.39. The molecule has 1 unspecified atom stereocenters. The van der Waals surface area contributed by atoms with Gasteiger partial charge >= 0.3 is 7.52 Å². The number of sulfonamides is 1. The number of amidine groups is 1. The van der Waals surface area contributed by atoms with Crippen molar-refractivity contribution in [3.05, 3.63) is 64.2 Å². The number of fused-ring (bicyclic) bond motifs is 1. The maximum absolute atomic E-state index is 14.2. The van der Waals surface area contributed by atoms with Gasteiger partial charge < -0.3 is 19.5 Å². The summed E-state index contributed by atoms with van der Waals surface area (Å²) in [6, 6.07) is 9.78. The molecule has 3 aromatic rings. The number of hydrogen-bond acceptors (Lipinski definition) is 6. The third-order valence-electron chi connectivity index (χ3n) is 5.97. The first-order valence-corrected chi connectivity index (χ1v) is 16.8. The number of halogens is 1. The summed E-state index contributed by atoms with van der Waals surface area (Å²) in [7, 11) is -5.90. The Morgan fingerprint density at radius 2 is 1.77 bits per heavy atom. The lowest BCUT2D eigenvalue weighted by atomic mass is 10.1. The predicted molar refractivity (Wildman–Crippen MR) is 159 cm³/mol. The van der Waals surface area contributed by atoms with Crippen LogP contribution in [-0.4, -0.2) is 44.0 Å². The number of aryl methyl sites for hydroxylation is 1. The van der Waals surface area contributed by atoms with Gasteiger partial charge in [0.25, 0.3) is 5.56 Å². The van der Waals surface area contributed by atoms with Crippen molar-refractivity contribution in [1.82, 2.24) is 4.57 Å². The van der Waals surface area contributed by atoms with Crippen molar-refractivity contribution in [3.8, 4) is 5.75 Å². The monoisotopic (exact) mass is 594 g/mol. The topological polar surface area (TPSA) is 139 Å². The van der Waals surface area contributed by atoms with Gasteiger partial charge in [0.1, 0.15) is 17.1 Å². The van der Waals surface area contributed by atoms with E-state index in [1.165, 1.54) is 61.2 Å². The third-order valence-corrected chi connectivity index (χ3v) is 7.81. The molecule has 1 heterocycles. The van der Waals surface area contributed by atoms with Gasteiger partial charge in [-0.25, -0.2) is 12.8 Å². The van der Waals surface area contributed by atoms with Gasteiger partial charge in [0, 0.05) is 37.1 Å². The fraction of sp³-hybridized carbons (Fsp3) is 0.407. The fourth-order valence-electron chi connectivity index (χ4n) is 3.90. The van der Waals surface area contributed by atoms with Crippen LogP contribution in [0.2, 0.25) is 0 Å². The molecule has 1 aromatic heterocycles. The van der Waals surface area contributed by atoms with Crippen molar-refractivity contribution in [3.63, 3.8) is 0 Å². The summed E-state index contributed by atoms with van der Waals surface area (Å²) in [5.74, 6) is -0.834. The second-order valence-corrected chi connectivity index (χ2v) is 13.7. The molecule has 1 atom stereocenters. The lowest BCUT2D eigenvalue weighted by Crippen LogP contribution is -2.30. The molecule has 0 radical (unpaired) electrons. The number of aromatic nitrogens is 1. The Bertz CT molecular complexity index is 1600. The largest absolute Gasteiger partial charge is 0.506 e. The summed E-state index contributed by atoms with van der Waals surface area (Å²) >= 11 is 0. The number of pyridine rings is 1. The van der Waals surface area contributed by atoms with Crippen molar-refractivity contribution >= 4 is 45.7 Å². The highest BCUT2D eigenvalue weighted by Crippen LogP contribution is 2.44. The summed E-state index contributed by atoms with van der Waals surface area (Å²) < 4.78 is 62.9. The van der Waals surface area contributed by atoms with Crippen LogP contribution in [0.15, 0.2) is 52.0 Å². The van der Waals surface area contributed by atoms with Crippen molar-refractivity contribution in [2.24, 2.45) is 10.7 Å². The molecule has 1 aliphatic carbocycles. The van der Waals surface area contributed by atoms with Gasteiger partial charge in [0.2, 0.25) is 10.0 Å². The van der Waals surface area contributed by atoms with Gasteiger partial charge in [0.15, 0.2) is 5.84 Å². The van der Waals surface area contributed by atoms with E-state index in [0.717, 1.165) is 31.6 Å². The fourth-order valence-corrected chi connectivity index (χ4v) is 5.06. The molecule has 0 aliphatic heterocycles. The van der Waals surface area contributed by atoms with E-state index in [1.54, 1.807) is 0 Å². The van der Waals surface area contributed by atoms with Crippen LogP contribution in [0.5, 0.6) is 5.75 Å². The molecule has 218 valence electrons. The minimum absolute atomic E-state index is 0.107. The molecule has 4 rings (SSSR count). The minimum atomic E-state index is -3.61. The molecule has 0 bridgehead atoms. The lowest BCUT2D eigenvalue weighted by molar-refractivity contribution is 0.400. The molecule has 40 heavy (non-hydrogen) atoms. The zero-order valence-electron chi connectivity index (χ0n) is 23.3. The van der Waals surface area contributed by atoms with E-state index in [4.69, 9.17) is 4.52 Å². The zero-order chi connectivity index (χ0) is 29.7. The standard InChI is InChI=1S/C24H28FN4O6PS.C3H8/c1-35-36(2,32)27-23(26-17-7-9-18(10-8-17)28-37(3,33)34)21-22(30)19-14-16(25)6-11-20(19)29(24(21)31)13-12-15-4-5-15;1-3-2/h6-11,14-15,28,30H,4-5,12-13H2,1-3H3,(H,26,27,32);3H2,1-2H3. The maximum Gasteiger partial charge on any atom is 0.313 e. The number of nitrogens with one attached hydrogen (secondary N) is 2. The molecule has 0 spiro atoms. The van der Waals surface area contributed by atoms with Crippen molar-refractivity contribution in [1.29, 1.82) is 0 Å². The zero-order valence-corrected chi connectivity index (χ0v) is 25.0. The first-order valence-electron chi connectivity index (χ1n) is 12.9. The van der Waals surface area contributed by atoms with E-state index in [0.29, 0.717) is 29.4 Å². The van der Waals surface area contributed by atoms with E-state index in [1.807, 2.05) is 0 Å². The van der Waals surface area contributed by atoms with Crippen molar-refractivity contribution in [2.75, 3.05) is 30.1 Å². The number of rotatable bonds is 9. The summed E-state index contributed by atoms with van der Waals surface area (Å²) in [5.41, 5.74) is 0.157. The summed E-state index contributed by atoms with van der Waals surface area (Å²) in [6.07, 6.45) is 5.18. The van der Waals surface area contributed by atoms with E-state index in [9.17, 15) is 27.3 Å². The molecule has 0 amide bonds. The number of nitrogens with zero attached hydrogens (tertiary/aromatic N) is 2. The average Bonchev–Trinajstić information content (AvgIpc) is 3.69. The smallest absolute Gasteiger partial charge is 0.313 e. The summed E-state index contributed by atoms with van der Waals surface area (Å²) in [6.45, 7) is 5.85. The Morgan fingerprint density at radius 3 is 2.33 bits per heavy atom. The first kappa shape index (κ1) is 31.3. The highest BCUT2D eigenvalue weighted by molar-refractivity contribution is 7.92. The van der Waals surface area contributed by atoms with E-state index in [-0.39, 0.29) is 16.8 Å². The number of anilines is 2. The van der Waals surface area contributed by atoms with Crippen LogP contribution in [0.4, 0.5) is 15.8 Å². The number of hydrogen-bond donors (Lipinski definition) is 3. The summed E-state index contributed by atoms with van der Waals surface area (Å²) in [5, 5.41) is 14.2. The normalized spacial score (nSPS) is 15.2. The molecule has 2 aromatic carbocycles. The Kier molecular flexibility index (Phi) is 10.2. The van der Waals surface area contributed by atoms with E-state index < -0.39 is 34.7 Å². The molecule has 0 saturated heterocycles. The molecule has 10 nitrogen and oxygen atoms in total. The Morgan fingerprint density at radius 1 is 1.18 bits per heavy atom. The van der Waals surface area contributed by atoms with Gasteiger partial charge in [-0.1, -0.05) is 33.1 Å². The molecular formula is C27H36FN4O6PS. The van der Waals surface area contributed by atoms with Crippen LogP contribution in [0, 0.1) is 11.7 Å². The SMILES string of the molecule is CCC.COP(C)(=O)/N=C(\Nc1ccc(NS(C)(=O)=O)cc1)c1c(O)c2cc(F)ccc2n(CCC2CC2)c1=O. The van der Waals surface area contributed by atoms with E-state index in [2.05, 4.69) is 28.6 Å². The Labute approximate surface area is 233 Å². The first-order chi connectivity index (χ1) is 18.8. The van der Waals surface area contributed by atoms with Gasteiger partial charge in [-0.3, -0.25) is 14.1 Å². The van der Waals surface area contributed by atoms with Crippen LogP contribution in [0.3, 0.4) is 0 Å². The number of aromatic hydroxyl groups is 1. The second kappa shape index (κ2) is 13.0. The van der Waals surface area contributed by atoms with Gasteiger partial charge in [-0.05, 0) is 54.8 Å². The lowest BCUT2D eigenvalue weighted by Gasteiger charge is -2.18. The maximum atomic E-state index is 14.2. The van der Waals surface area contributed by atoms with Crippen LogP contribution < -0.4 is 15.6 Å². The molecule has 3 N–H and O–H groups in total. The Balaban J connectivity index is 0.00000141. The van der Waals surface area contributed by atoms with Crippen LogP contribution in [-0.2, 0) is 25.7 Å². The highest BCUT2D eigenvalue weighted by Gasteiger charge is 2.26.